The van der Waals surface area contributed by atoms with E-state index in [1.807, 2.05) is 0 Å². The average Bonchev–Trinajstić information content (AvgIpc) is 2.95. The Morgan fingerprint density at radius 3 is 3.18 bits per heavy atom. The number of nitrogens with one attached hydrogen (secondary N) is 1. The molecule has 0 aromatic carbocycles. The first-order valence-corrected chi connectivity index (χ1v) is 6.87. The SMILES string of the molecule is Cc1cscc1CN=C(N)NCC1CCCO1. The molecule has 1 unspecified atom stereocenters. The number of rotatable bonds is 4. The second kappa shape index (κ2) is 6.02. The van der Waals surface area contributed by atoms with E-state index in [-0.39, 0.29) is 0 Å². The maximum Gasteiger partial charge on any atom is 0.189 e. The topological polar surface area (TPSA) is 59.6 Å². The van der Waals surface area contributed by atoms with Crippen LogP contribution in [0.3, 0.4) is 0 Å². The van der Waals surface area contributed by atoms with Crippen molar-refractivity contribution < 1.29 is 4.74 Å². The van der Waals surface area contributed by atoms with Crippen LogP contribution in [-0.4, -0.2) is 25.2 Å². The van der Waals surface area contributed by atoms with Crippen molar-refractivity contribution in [1.29, 1.82) is 0 Å². The molecule has 1 saturated heterocycles. The zero-order valence-electron chi connectivity index (χ0n) is 10.1. The second-order valence-electron chi connectivity index (χ2n) is 4.30. The van der Waals surface area contributed by atoms with Gasteiger partial charge in [0.25, 0.3) is 0 Å². The van der Waals surface area contributed by atoms with E-state index in [0.29, 0.717) is 18.6 Å². The number of nitrogens with two attached hydrogens (primary N) is 1. The Morgan fingerprint density at radius 2 is 2.53 bits per heavy atom. The predicted molar refractivity (Wildman–Crippen MR) is 71.4 cm³/mol. The van der Waals surface area contributed by atoms with Crippen LogP contribution in [0, 0.1) is 6.92 Å². The molecule has 1 aromatic heterocycles. The van der Waals surface area contributed by atoms with Gasteiger partial charge in [-0.05, 0) is 41.7 Å². The van der Waals surface area contributed by atoms with Crippen LogP contribution in [0.5, 0.6) is 0 Å². The number of hydrogen-bond donors (Lipinski definition) is 2. The van der Waals surface area contributed by atoms with Crippen molar-refractivity contribution in [3.8, 4) is 0 Å². The molecule has 0 amide bonds. The molecule has 1 atom stereocenters. The molecule has 1 fully saturated rings. The first-order valence-electron chi connectivity index (χ1n) is 5.93. The van der Waals surface area contributed by atoms with Crippen molar-refractivity contribution >= 4 is 17.3 Å². The van der Waals surface area contributed by atoms with E-state index in [9.17, 15) is 0 Å². The molecular weight excluding hydrogens is 234 g/mol. The first-order chi connectivity index (χ1) is 8.25. The average molecular weight is 253 g/mol. The summed E-state index contributed by atoms with van der Waals surface area (Å²) >= 11 is 1.70. The van der Waals surface area contributed by atoms with Crippen molar-refractivity contribution in [3.05, 3.63) is 21.9 Å². The highest BCUT2D eigenvalue weighted by Gasteiger charge is 2.14. The molecule has 1 aliphatic rings. The normalized spacial score (nSPS) is 20.8. The number of thiophene rings is 1. The highest BCUT2D eigenvalue weighted by Crippen LogP contribution is 2.14. The number of aryl methyl sites for hydroxylation is 1. The van der Waals surface area contributed by atoms with E-state index in [0.717, 1.165) is 26.0 Å². The molecule has 2 heterocycles. The lowest BCUT2D eigenvalue weighted by molar-refractivity contribution is 0.114. The lowest BCUT2D eigenvalue weighted by atomic mass is 10.2. The molecule has 5 heteroatoms. The van der Waals surface area contributed by atoms with Gasteiger partial charge in [-0.25, -0.2) is 4.99 Å². The molecular formula is C12H19N3OS. The number of ether oxygens (including phenoxy) is 1. The van der Waals surface area contributed by atoms with Gasteiger partial charge in [-0.2, -0.15) is 11.3 Å². The summed E-state index contributed by atoms with van der Waals surface area (Å²) in [6, 6.07) is 0. The highest BCUT2D eigenvalue weighted by atomic mass is 32.1. The second-order valence-corrected chi connectivity index (χ2v) is 5.04. The van der Waals surface area contributed by atoms with E-state index < -0.39 is 0 Å². The molecule has 0 radical (unpaired) electrons. The third-order valence-electron chi connectivity index (χ3n) is 2.92. The summed E-state index contributed by atoms with van der Waals surface area (Å²) < 4.78 is 5.50. The van der Waals surface area contributed by atoms with Crippen molar-refractivity contribution in [1.82, 2.24) is 5.32 Å². The summed E-state index contributed by atoms with van der Waals surface area (Å²) in [5.74, 6) is 0.506. The molecule has 4 nitrogen and oxygen atoms in total. The molecule has 0 bridgehead atoms. The summed E-state index contributed by atoms with van der Waals surface area (Å²) in [6.07, 6.45) is 2.56. The third kappa shape index (κ3) is 3.71. The Hall–Kier alpha value is -1.07. The molecule has 0 spiro atoms. The molecule has 17 heavy (non-hydrogen) atoms. The fraction of sp³-hybridized carbons (Fsp3) is 0.583. The van der Waals surface area contributed by atoms with E-state index >= 15 is 0 Å². The van der Waals surface area contributed by atoms with Gasteiger partial charge in [0.05, 0.1) is 12.6 Å². The minimum absolute atomic E-state index is 0.298. The summed E-state index contributed by atoms with van der Waals surface area (Å²) in [4.78, 5) is 4.32. The zero-order chi connectivity index (χ0) is 12.1. The van der Waals surface area contributed by atoms with Crippen LogP contribution in [0.25, 0.3) is 0 Å². The summed E-state index contributed by atoms with van der Waals surface area (Å²) in [7, 11) is 0. The molecule has 3 N–H and O–H groups in total. The predicted octanol–water partition coefficient (Wildman–Crippen LogP) is 1.64. The van der Waals surface area contributed by atoms with Gasteiger partial charge in [0, 0.05) is 13.2 Å². The largest absolute Gasteiger partial charge is 0.376 e. The van der Waals surface area contributed by atoms with Gasteiger partial charge in [-0.15, -0.1) is 0 Å². The van der Waals surface area contributed by atoms with Crippen molar-refractivity contribution in [2.45, 2.75) is 32.4 Å². The van der Waals surface area contributed by atoms with E-state index in [2.05, 4.69) is 28.0 Å². The molecule has 1 aromatic rings. The van der Waals surface area contributed by atoms with Crippen LogP contribution in [0.1, 0.15) is 24.0 Å². The summed E-state index contributed by atoms with van der Waals surface area (Å²) in [6.45, 7) is 4.38. The zero-order valence-corrected chi connectivity index (χ0v) is 10.9. The monoisotopic (exact) mass is 253 g/mol. The number of nitrogens with zero attached hydrogens (tertiary/aromatic N) is 1. The van der Waals surface area contributed by atoms with E-state index in [4.69, 9.17) is 10.5 Å². The van der Waals surface area contributed by atoms with E-state index in [1.54, 1.807) is 11.3 Å². The third-order valence-corrected chi connectivity index (χ3v) is 3.83. The van der Waals surface area contributed by atoms with Gasteiger partial charge in [0.1, 0.15) is 0 Å². The van der Waals surface area contributed by atoms with Crippen molar-refractivity contribution in [2.24, 2.45) is 10.7 Å². The molecule has 0 aliphatic carbocycles. The Morgan fingerprint density at radius 1 is 1.65 bits per heavy atom. The Kier molecular flexibility index (Phi) is 4.39. The summed E-state index contributed by atoms with van der Waals surface area (Å²) in [5, 5.41) is 7.36. The van der Waals surface area contributed by atoms with E-state index in [1.165, 1.54) is 11.1 Å². The van der Waals surface area contributed by atoms with Crippen LogP contribution >= 0.6 is 11.3 Å². The number of hydrogen-bond acceptors (Lipinski definition) is 3. The fourth-order valence-electron chi connectivity index (χ4n) is 1.80. The molecule has 1 aliphatic heterocycles. The van der Waals surface area contributed by atoms with Crippen molar-refractivity contribution in [3.63, 3.8) is 0 Å². The van der Waals surface area contributed by atoms with Crippen molar-refractivity contribution in [2.75, 3.05) is 13.2 Å². The first kappa shape index (κ1) is 12.4. The Bertz CT molecular complexity index is 383. The van der Waals surface area contributed by atoms with Crippen LogP contribution in [-0.2, 0) is 11.3 Å². The van der Waals surface area contributed by atoms with Gasteiger partial charge >= 0.3 is 0 Å². The van der Waals surface area contributed by atoms with Gasteiger partial charge in [-0.1, -0.05) is 0 Å². The number of aliphatic imine (C=N–C) groups is 1. The quantitative estimate of drug-likeness (QED) is 0.633. The Labute approximate surface area is 106 Å². The van der Waals surface area contributed by atoms with Gasteiger partial charge in [-0.3, -0.25) is 0 Å². The van der Waals surface area contributed by atoms with Crippen LogP contribution in [0.15, 0.2) is 15.8 Å². The van der Waals surface area contributed by atoms with Gasteiger partial charge < -0.3 is 15.8 Å². The van der Waals surface area contributed by atoms with Crippen LogP contribution < -0.4 is 11.1 Å². The summed E-state index contributed by atoms with van der Waals surface area (Å²) in [5.41, 5.74) is 8.34. The van der Waals surface area contributed by atoms with Gasteiger partial charge in [0.15, 0.2) is 5.96 Å². The maximum atomic E-state index is 5.81. The molecule has 94 valence electrons. The lowest BCUT2D eigenvalue weighted by Crippen LogP contribution is -2.37. The fourth-order valence-corrected chi connectivity index (χ4v) is 2.65. The smallest absolute Gasteiger partial charge is 0.189 e. The molecule has 0 saturated carbocycles. The molecule has 2 rings (SSSR count). The number of guanidine groups is 1. The van der Waals surface area contributed by atoms with Crippen LogP contribution in [0.4, 0.5) is 0 Å². The van der Waals surface area contributed by atoms with Gasteiger partial charge in [0.2, 0.25) is 0 Å². The Balaban J connectivity index is 1.75. The standard InChI is InChI=1S/C12H19N3OS/c1-9-7-17-8-10(9)5-14-12(13)15-6-11-3-2-4-16-11/h7-8,11H,2-6H2,1H3,(H3,13,14,15). The lowest BCUT2D eigenvalue weighted by Gasteiger charge is -2.10. The minimum atomic E-state index is 0.298. The highest BCUT2D eigenvalue weighted by molar-refractivity contribution is 7.08. The maximum absolute atomic E-state index is 5.81. The minimum Gasteiger partial charge on any atom is -0.376 e. The van der Waals surface area contributed by atoms with Crippen LogP contribution in [0.2, 0.25) is 0 Å².